The molecular formula is C21H17NS. The monoisotopic (exact) mass is 315 g/mol. The van der Waals surface area contributed by atoms with Gasteiger partial charge in [0.1, 0.15) is 0 Å². The smallest absolute Gasteiger partial charge is 0.0679 e. The Hall–Kier alpha value is -2.32. The van der Waals surface area contributed by atoms with Gasteiger partial charge in [-0.1, -0.05) is 66.7 Å². The Morgan fingerprint density at radius 3 is 2.17 bits per heavy atom. The Labute approximate surface area is 141 Å². The fraction of sp³-hybridized carbons (Fsp3) is 0.0952. The number of aromatic nitrogens is 1. The van der Waals surface area contributed by atoms with E-state index in [-0.39, 0.29) is 0 Å². The van der Waals surface area contributed by atoms with Crippen LogP contribution in [0.2, 0.25) is 0 Å². The van der Waals surface area contributed by atoms with Crippen LogP contribution in [0.3, 0.4) is 0 Å². The Bertz CT molecular complexity index is 810. The van der Waals surface area contributed by atoms with Crippen LogP contribution in [0.25, 0.3) is 10.5 Å². The topological polar surface area (TPSA) is 12.9 Å². The molecule has 1 unspecified atom stereocenters. The van der Waals surface area contributed by atoms with E-state index in [1.807, 2.05) is 24.0 Å². The third kappa shape index (κ3) is 2.82. The first kappa shape index (κ1) is 14.3. The average Bonchev–Trinajstić information content (AvgIpc) is 3.09. The van der Waals surface area contributed by atoms with Crippen LogP contribution in [0.1, 0.15) is 22.7 Å². The first-order valence-corrected chi connectivity index (χ1v) is 8.81. The first-order valence-electron chi connectivity index (χ1n) is 7.82. The molecule has 1 aliphatic heterocycles. The molecule has 2 aromatic carbocycles. The molecule has 1 nitrogen and oxygen atoms in total. The van der Waals surface area contributed by atoms with Gasteiger partial charge in [0.05, 0.1) is 5.69 Å². The maximum atomic E-state index is 4.64. The van der Waals surface area contributed by atoms with Crippen LogP contribution < -0.4 is 0 Å². The van der Waals surface area contributed by atoms with Crippen LogP contribution in [-0.4, -0.2) is 10.7 Å². The molecule has 1 atom stereocenters. The lowest BCUT2D eigenvalue weighted by Crippen LogP contribution is -2.02. The lowest BCUT2D eigenvalue weighted by molar-refractivity contribution is 1.01. The molecular weight excluding hydrogens is 298 g/mol. The largest absolute Gasteiger partial charge is 0.257 e. The van der Waals surface area contributed by atoms with Crippen LogP contribution in [0.15, 0.2) is 85.1 Å². The number of pyridine rings is 1. The van der Waals surface area contributed by atoms with E-state index in [4.69, 9.17) is 0 Å². The van der Waals surface area contributed by atoms with Crippen molar-refractivity contribution in [3.63, 3.8) is 0 Å². The van der Waals surface area contributed by atoms with E-state index >= 15 is 0 Å². The van der Waals surface area contributed by atoms with Gasteiger partial charge in [0.15, 0.2) is 0 Å². The second-order valence-electron chi connectivity index (χ2n) is 5.60. The number of rotatable bonds is 3. The van der Waals surface area contributed by atoms with Gasteiger partial charge in [0.2, 0.25) is 0 Å². The highest BCUT2D eigenvalue weighted by Gasteiger charge is 2.30. The van der Waals surface area contributed by atoms with Gasteiger partial charge >= 0.3 is 0 Å². The molecule has 0 bridgehead atoms. The lowest BCUT2D eigenvalue weighted by atomic mass is 9.89. The van der Waals surface area contributed by atoms with E-state index in [9.17, 15) is 0 Å². The van der Waals surface area contributed by atoms with Crippen molar-refractivity contribution in [2.24, 2.45) is 0 Å². The Kier molecular flexibility index (Phi) is 3.99. The van der Waals surface area contributed by atoms with Crippen LogP contribution in [0.4, 0.5) is 0 Å². The quantitative estimate of drug-likeness (QED) is 0.634. The summed E-state index contributed by atoms with van der Waals surface area (Å²) in [4.78, 5) is 6.00. The van der Waals surface area contributed by atoms with Crippen molar-refractivity contribution in [3.05, 3.63) is 102 Å². The molecule has 3 aromatic rings. The second kappa shape index (κ2) is 6.43. The third-order valence-corrected chi connectivity index (χ3v) is 5.41. The molecule has 0 saturated heterocycles. The summed E-state index contributed by atoms with van der Waals surface area (Å²) in [5, 5.41) is 0. The molecule has 0 N–H and O–H groups in total. The summed E-state index contributed by atoms with van der Waals surface area (Å²) in [6.45, 7) is 0. The third-order valence-electron chi connectivity index (χ3n) is 4.17. The zero-order chi connectivity index (χ0) is 15.5. The van der Waals surface area contributed by atoms with E-state index in [1.165, 1.54) is 21.6 Å². The van der Waals surface area contributed by atoms with Crippen LogP contribution >= 0.6 is 11.8 Å². The zero-order valence-electron chi connectivity index (χ0n) is 12.7. The molecule has 0 spiro atoms. The van der Waals surface area contributed by atoms with Crippen LogP contribution in [0, 0.1) is 0 Å². The van der Waals surface area contributed by atoms with E-state index < -0.39 is 0 Å². The van der Waals surface area contributed by atoms with Crippen molar-refractivity contribution in [1.29, 1.82) is 0 Å². The number of hydrogen-bond donors (Lipinski definition) is 0. The van der Waals surface area contributed by atoms with Crippen molar-refractivity contribution in [2.45, 2.75) is 5.92 Å². The summed E-state index contributed by atoms with van der Waals surface area (Å²) >= 11 is 1.94. The van der Waals surface area contributed by atoms with Crippen molar-refractivity contribution in [3.8, 4) is 0 Å². The van der Waals surface area contributed by atoms with Crippen LogP contribution in [-0.2, 0) is 0 Å². The molecule has 1 aliphatic rings. The molecule has 0 saturated carbocycles. The second-order valence-corrected chi connectivity index (χ2v) is 6.63. The Morgan fingerprint density at radius 2 is 1.48 bits per heavy atom. The van der Waals surface area contributed by atoms with Gasteiger partial charge in [0.25, 0.3) is 0 Å². The summed E-state index contributed by atoms with van der Waals surface area (Å²) in [7, 11) is 0. The number of hydrogen-bond acceptors (Lipinski definition) is 2. The van der Waals surface area contributed by atoms with Gasteiger partial charge in [-0.15, -0.1) is 11.8 Å². The predicted molar refractivity (Wildman–Crippen MR) is 99.1 cm³/mol. The van der Waals surface area contributed by atoms with E-state index in [1.54, 1.807) is 0 Å². The van der Waals surface area contributed by atoms with Gasteiger partial charge in [-0.3, -0.25) is 4.98 Å². The number of benzene rings is 2. The standard InChI is InChI=1S/C21H17NS/c1-3-9-16(10-4-1)18-15-23-21(17-11-5-2-6-12-17)20(18)19-13-7-8-14-22-19/h1-14,18H,15H2. The van der Waals surface area contributed by atoms with Gasteiger partial charge < -0.3 is 0 Å². The van der Waals surface area contributed by atoms with Crippen molar-refractivity contribution in [2.75, 3.05) is 5.75 Å². The van der Waals surface area contributed by atoms with Crippen molar-refractivity contribution >= 4 is 22.2 Å². The molecule has 4 rings (SSSR count). The fourth-order valence-corrected chi connectivity index (χ4v) is 4.48. The van der Waals surface area contributed by atoms with Gasteiger partial charge in [-0.2, -0.15) is 0 Å². The van der Waals surface area contributed by atoms with Crippen LogP contribution in [0.5, 0.6) is 0 Å². The molecule has 23 heavy (non-hydrogen) atoms. The normalized spacial score (nSPS) is 17.5. The number of thioether (sulfide) groups is 1. The highest BCUT2D eigenvalue weighted by atomic mass is 32.2. The molecule has 0 fully saturated rings. The highest BCUT2D eigenvalue weighted by molar-refractivity contribution is 8.09. The Balaban J connectivity index is 1.88. The fourth-order valence-electron chi connectivity index (χ4n) is 3.08. The maximum Gasteiger partial charge on any atom is 0.0679 e. The van der Waals surface area contributed by atoms with E-state index in [0.29, 0.717) is 5.92 Å². The summed E-state index contributed by atoms with van der Waals surface area (Å²) in [5.74, 6) is 1.46. The number of nitrogens with zero attached hydrogens (tertiary/aromatic N) is 1. The van der Waals surface area contributed by atoms with Crippen molar-refractivity contribution < 1.29 is 0 Å². The molecule has 0 aliphatic carbocycles. The van der Waals surface area contributed by atoms with Gasteiger partial charge in [-0.25, -0.2) is 0 Å². The molecule has 0 amide bonds. The minimum atomic E-state index is 0.395. The molecule has 0 radical (unpaired) electrons. The summed E-state index contributed by atoms with van der Waals surface area (Å²) in [5.41, 5.74) is 5.10. The summed E-state index contributed by atoms with van der Waals surface area (Å²) in [6.07, 6.45) is 1.88. The Morgan fingerprint density at radius 1 is 0.783 bits per heavy atom. The van der Waals surface area contributed by atoms with Gasteiger partial charge in [0, 0.05) is 28.3 Å². The van der Waals surface area contributed by atoms with Gasteiger partial charge in [-0.05, 0) is 23.3 Å². The van der Waals surface area contributed by atoms with Crippen molar-refractivity contribution in [1.82, 2.24) is 4.98 Å². The predicted octanol–water partition coefficient (Wildman–Crippen LogP) is 5.48. The highest BCUT2D eigenvalue weighted by Crippen LogP contribution is 2.50. The average molecular weight is 315 g/mol. The minimum Gasteiger partial charge on any atom is -0.257 e. The molecule has 1 aromatic heterocycles. The SMILES string of the molecule is c1ccc(C2=C(c3ccccn3)C(c3ccccc3)CS2)cc1. The molecule has 2 heteroatoms. The van der Waals surface area contributed by atoms with E-state index in [2.05, 4.69) is 77.8 Å². The maximum absolute atomic E-state index is 4.64. The summed E-state index contributed by atoms with van der Waals surface area (Å²) < 4.78 is 0. The van der Waals surface area contributed by atoms with E-state index in [0.717, 1.165) is 11.4 Å². The summed E-state index contributed by atoms with van der Waals surface area (Å²) in [6, 6.07) is 27.6. The number of allylic oxidation sites excluding steroid dienone is 1. The molecule has 2 heterocycles. The minimum absolute atomic E-state index is 0.395. The zero-order valence-corrected chi connectivity index (χ0v) is 13.5. The first-order chi connectivity index (χ1) is 11.4. The molecule has 112 valence electrons. The lowest BCUT2D eigenvalue weighted by Gasteiger charge is -2.15.